The zero-order valence-electron chi connectivity index (χ0n) is 13.2. The van der Waals surface area contributed by atoms with Crippen LogP contribution in [0.5, 0.6) is 0 Å². The average molecular weight is 294 g/mol. The van der Waals surface area contributed by atoms with Gasteiger partial charge in [0.15, 0.2) is 5.78 Å². The van der Waals surface area contributed by atoms with Crippen molar-refractivity contribution < 1.29 is 14.7 Å². The molecule has 0 amide bonds. The van der Waals surface area contributed by atoms with E-state index in [0.29, 0.717) is 6.42 Å². The van der Waals surface area contributed by atoms with Crippen molar-refractivity contribution in [1.29, 1.82) is 0 Å². The fourth-order valence-corrected chi connectivity index (χ4v) is 2.25. The molecule has 0 aliphatic heterocycles. The molecular weight excluding hydrogens is 264 g/mol. The third-order valence-electron chi connectivity index (χ3n) is 3.49. The van der Waals surface area contributed by atoms with E-state index >= 15 is 0 Å². The zero-order chi connectivity index (χ0) is 15.8. The predicted molar refractivity (Wildman–Crippen MR) is 87.4 cm³/mol. The van der Waals surface area contributed by atoms with Crippen LogP contribution in [0, 0.1) is 0 Å². The van der Waals surface area contributed by atoms with Gasteiger partial charge in [-0.25, -0.2) is 4.79 Å². The number of ketones is 1. The Morgan fingerprint density at radius 3 is 1.71 bits per heavy atom. The van der Waals surface area contributed by atoms with E-state index in [1.165, 1.54) is 51.4 Å². The summed E-state index contributed by atoms with van der Waals surface area (Å²) in [4.78, 5) is 21.5. The molecule has 0 rings (SSSR count). The van der Waals surface area contributed by atoms with E-state index in [0.717, 1.165) is 31.4 Å². The normalized spacial score (nSPS) is 10.9. The lowest BCUT2D eigenvalue weighted by atomic mass is 10.0. The lowest BCUT2D eigenvalue weighted by Crippen LogP contribution is -1.95. The van der Waals surface area contributed by atoms with Crippen LogP contribution in [0.3, 0.4) is 0 Å². The highest BCUT2D eigenvalue weighted by atomic mass is 16.4. The molecule has 0 saturated heterocycles. The maximum absolute atomic E-state index is 11.3. The van der Waals surface area contributed by atoms with Gasteiger partial charge in [0.05, 0.1) is 0 Å². The summed E-state index contributed by atoms with van der Waals surface area (Å²) in [5.74, 6) is -1.15. The van der Waals surface area contributed by atoms with Gasteiger partial charge in [-0.2, -0.15) is 0 Å². The molecule has 0 heterocycles. The second-order valence-electron chi connectivity index (χ2n) is 5.50. The molecule has 0 spiro atoms. The molecule has 0 saturated carbocycles. The molecule has 0 fully saturated rings. The number of carbonyl (C=O) groups excluding carboxylic acids is 1. The summed E-state index contributed by atoms with van der Waals surface area (Å²) in [5.41, 5.74) is 0. The van der Waals surface area contributed by atoms with Crippen LogP contribution in [-0.4, -0.2) is 16.9 Å². The fourth-order valence-electron chi connectivity index (χ4n) is 2.25. The van der Waals surface area contributed by atoms with Crippen molar-refractivity contribution in [2.75, 3.05) is 0 Å². The first-order valence-electron chi connectivity index (χ1n) is 8.21. The van der Waals surface area contributed by atoms with Crippen LogP contribution in [0.4, 0.5) is 0 Å². The molecule has 0 radical (unpaired) electrons. The zero-order valence-corrected chi connectivity index (χ0v) is 13.2. The Morgan fingerprint density at radius 1 is 0.762 bits per heavy atom. The number of allylic oxidation sites excluding steroid dienone is 2. The van der Waals surface area contributed by atoms with E-state index in [-0.39, 0.29) is 5.78 Å². The molecule has 1 N–H and O–H groups in total. The van der Waals surface area contributed by atoms with E-state index in [2.05, 4.69) is 6.58 Å². The van der Waals surface area contributed by atoms with Gasteiger partial charge in [-0.1, -0.05) is 57.4 Å². The topological polar surface area (TPSA) is 54.4 Å². The van der Waals surface area contributed by atoms with E-state index in [1.807, 2.05) is 6.08 Å². The standard InChI is InChI=1S/C18H30O3/c1-2-3-4-5-6-7-8-9-10-11-12-13-14-17(19)15-16-18(20)21/h2,15-16H,1,3-14H2,(H,20,21)/b16-15+. The molecule has 0 bridgehead atoms. The van der Waals surface area contributed by atoms with Gasteiger partial charge in [0.2, 0.25) is 0 Å². The largest absolute Gasteiger partial charge is 0.478 e. The average Bonchev–Trinajstić information content (AvgIpc) is 2.46. The number of aliphatic carboxylic acids is 1. The molecule has 3 nitrogen and oxygen atoms in total. The lowest BCUT2D eigenvalue weighted by Gasteiger charge is -2.02. The van der Waals surface area contributed by atoms with Crippen molar-refractivity contribution in [1.82, 2.24) is 0 Å². The van der Waals surface area contributed by atoms with Crippen LogP contribution < -0.4 is 0 Å². The maximum Gasteiger partial charge on any atom is 0.328 e. The minimum Gasteiger partial charge on any atom is -0.478 e. The summed E-state index contributed by atoms with van der Waals surface area (Å²) < 4.78 is 0. The first kappa shape index (κ1) is 19.6. The van der Waals surface area contributed by atoms with Crippen molar-refractivity contribution in [2.24, 2.45) is 0 Å². The number of carbonyl (C=O) groups is 2. The van der Waals surface area contributed by atoms with Gasteiger partial charge in [-0.05, 0) is 25.3 Å². The molecule has 0 aromatic rings. The van der Waals surface area contributed by atoms with Gasteiger partial charge in [-0.3, -0.25) is 4.79 Å². The number of carboxylic acids is 1. The molecule has 0 aromatic heterocycles. The Bertz CT molecular complexity index is 318. The molecule has 3 heteroatoms. The highest BCUT2D eigenvalue weighted by molar-refractivity contribution is 5.95. The highest BCUT2D eigenvalue weighted by Gasteiger charge is 1.98. The van der Waals surface area contributed by atoms with E-state index in [9.17, 15) is 9.59 Å². The molecule has 0 atom stereocenters. The van der Waals surface area contributed by atoms with Crippen LogP contribution >= 0.6 is 0 Å². The van der Waals surface area contributed by atoms with Gasteiger partial charge in [0.25, 0.3) is 0 Å². The van der Waals surface area contributed by atoms with Crippen molar-refractivity contribution in [2.45, 2.75) is 77.0 Å². The summed E-state index contributed by atoms with van der Waals surface area (Å²) in [6.07, 6.45) is 17.9. The van der Waals surface area contributed by atoms with Crippen molar-refractivity contribution >= 4 is 11.8 Å². The maximum atomic E-state index is 11.3. The van der Waals surface area contributed by atoms with Gasteiger partial charge in [-0.15, -0.1) is 6.58 Å². The molecular formula is C18H30O3. The minimum atomic E-state index is -1.06. The highest BCUT2D eigenvalue weighted by Crippen LogP contribution is 2.12. The summed E-state index contributed by atoms with van der Waals surface area (Å²) in [6, 6.07) is 0. The second kappa shape index (κ2) is 15.0. The van der Waals surface area contributed by atoms with Crippen molar-refractivity contribution in [3.05, 3.63) is 24.8 Å². The van der Waals surface area contributed by atoms with Crippen LogP contribution in [0.1, 0.15) is 77.0 Å². The number of hydrogen-bond donors (Lipinski definition) is 1. The Kier molecular flexibility index (Phi) is 14.0. The molecule has 120 valence electrons. The Morgan fingerprint density at radius 2 is 1.24 bits per heavy atom. The van der Waals surface area contributed by atoms with Crippen LogP contribution in [0.25, 0.3) is 0 Å². The van der Waals surface area contributed by atoms with Gasteiger partial charge in [0.1, 0.15) is 0 Å². The third kappa shape index (κ3) is 16.6. The Hall–Kier alpha value is -1.38. The van der Waals surface area contributed by atoms with E-state index < -0.39 is 5.97 Å². The monoisotopic (exact) mass is 294 g/mol. The number of carboxylic acid groups (broad SMARTS) is 1. The van der Waals surface area contributed by atoms with Crippen LogP contribution in [-0.2, 0) is 9.59 Å². The molecule has 0 aliphatic rings. The molecule has 21 heavy (non-hydrogen) atoms. The first-order valence-corrected chi connectivity index (χ1v) is 8.21. The molecule has 0 unspecified atom stereocenters. The quantitative estimate of drug-likeness (QED) is 0.261. The van der Waals surface area contributed by atoms with Crippen LogP contribution in [0.15, 0.2) is 24.8 Å². The third-order valence-corrected chi connectivity index (χ3v) is 3.49. The number of hydrogen-bond acceptors (Lipinski definition) is 2. The summed E-state index contributed by atoms with van der Waals surface area (Å²) in [7, 11) is 0. The molecule has 0 aromatic carbocycles. The fraction of sp³-hybridized carbons (Fsp3) is 0.667. The number of unbranched alkanes of at least 4 members (excludes halogenated alkanes) is 10. The Balaban J connectivity index is 3.20. The second-order valence-corrected chi connectivity index (χ2v) is 5.50. The lowest BCUT2D eigenvalue weighted by molar-refractivity contribution is -0.131. The van der Waals surface area contributed by atoms with Gasteiger partial charge < -0.3 is 5.11 Å². The summed E-state index contributed by atoms with van der Waals surface area (Å²) in [5, 5.41) is 8.39. The van der Waals surface area contributed by atoms with Gasteiger partial charge in [0, 0.05) is 12.5 Å². The molecule has 0 aliphatic carbocycles. The van der Waals surface area contributed by atoms with Crippen molar-refractivity contribution in [3.8, 4) is 0 Å². The van der Waals surface area contributed by atoms with Crippen LogP contribution in [0.2, 0.25) is 0 Å². The summed E-state index contributed by atoms with van der Waals surface area (Å²) >= 11 is 0. The Labute approximate surface area is 129 Å². The number of rotatable bonds is 15. The first-order chi connectivity index (χ1) is 10.2. The SMILES string of the molecule is C=CCCCCCCCCCCCCC(=O)/C=C/C(=O)O. The predicted octanol–water partition coefficient (Wildman–Crippen LogP) is 5.06. The van der Waals surface area contributed by atoms with Gasteiger partial charge >= 0.3 is 5.97 Å². The summed E-state index contributed by atoms with van der Waals surface area (Å²) in [6.45, 7) is 3.72. The minimum absolute atomic E-state index is 0.0862. The van der Waals surface area contributed by atoms with E-state index in [1.54, 1.807) is 0 Å². The smallest absolute Gasteiger partial charge is 0.328 e. The van der Waals surface area contributed by atoms with Crippen molar-refractivity contribution in [3.63, 3.8) is 0 Å². The van der Waals surface area contributed by atoms with E-state index in [4.69, 9.17) is 5.11 Å².